The lowest BCUT2D eigenvalue weighted by Gasteiger charge is -2.60. The lowest BCUT2D eigenvalue weighted by Crippen LogP contribution is -2.61. The first kappa shape index (κ1) is 102. The highest BCUT2D eigenvalue weighted by Gasteiger charge is 2.67. The molecule has 19 nitrogen and oxygen atoms in total. The maximum Gasteiger partial charge on any atom is 0.428 e. The third-order valence-electron chi connectivity index (χ3n) is 29.6. The van der Waals surface area contributed by atoms with Gasteiger partial charge in [-0.1, -0.05) is 103 Å². The summed E-state index contributed by atoms with van der Waals surface area (Å²) in [7, 11) is -5.50. The fourth-order valence-electron chi connectivity index (χ4n) is 20.9. The molecule has 0 amide bonds. The number of phenols is 1. The van der Waals surface area contributed by atoms with Gasteiger partial charge < -0.3 is 52.3 Å². The average molecular weight is 1830 g/mol. The topological polar surface area (TPSA) is 263 Å². The van der Waals surface area contributed by atoms with Crippen molar-refractivity contribution >= 4 is 57.2 Å². The number of benzene rings is 5. The highest BCUT2D eigenvalue weighted by Crippen LogP contribution is 2.68. The van der Waals surface area contributed by atoms with Crippen LogP contribution >= 0.6 is 0 Å². The molecule has 0 aromatic heterocycles. The minimum Gasteiger partial charge on any atom is -0.722 e. The van der Waals surface area contributed by atoms with E-state index in [1.165, 1.54) is 94.3 Å². The summed E-state index contributed by atoms with van der Waals surface area (Å²) in [5, 5.41) is 9.63. The van der Waals surface area contributed by atoms with Crippen LogP contribution in [-0.4, -0.2) is 115 Å². The van der Waals surface area contributed by atoms with E-state index in [1.54, 1.807) is 78.4 Å². The van der Waals surface area contributed by atoms with Gasteiger partial charge in [-0.15, -0.1) is 3.89 Å². The van der Waals surface area contributed by atoms with Crippen LogP contribution in [0, 0.1) is 94.2 Å². The summed E-state index contributed by atoms with van der Waals surface area (Å²) in [6.45, 7) is 33.4. The minimum absolute atomic E-state index is 0.0656. The van der Waals surface area contributed by atoms with Crippen LogP contribution in [0.5, 0.6) is 28.7 Å². The van der Waals surface area contributed by atoms with Gasteiger partial charge in [-0.2, -0.15) is 13.2 Å². The Bertz CT molecular complexity index is 4580. The Morgan fingerprint density at radius 3 is 1.57 bits per heavy atom. The fourth-order valence-corrected chi connectivity index (χ4v) is 23.1. The lowest BCUT2D eigenvalue weighted by atomic mass is 9.48. The molecule has 0 spiro atoms. The van der Waals surface area contributed by atoms with Crippen LogP contribution in [0.1, 0.15) is 281 Å². The predicted molar refractivity (Wildman–Crippen MR) is 479 cm³/mol. The number of para-hydroxylation sites is 2. The molecule has 4 heterocycles. The van der Waals surface area contributed by atoms with Crippen molar-refractivity contribution in [2.45, 2.75) is 341 Å². The molecular formula is C102H139F5O19S2. The maximum absolute atomic E-state index is 12.9. The van der Waals surface area contributed by atoms with Crippen LogP contribution < -0.4 is 14.2 Å². The van der Waals surface area contributed by atoms with Gasteiger partial charge in [0.25, 0.3) is 10.5 Å². The predicted octanol–water partition coefficient (Wildman–Crippen LogP) is 23.8. The van der Waals surface area contributed by atoms with E-state index in [2.05, 4.69) is 104 Å². The summed E-state index contributed by atoms with van der Waals surface area (Å²) >= 11 is 0. The molecular weight excluding hydrogens is 1690 g/mol. The molecule has 708 valence electrons. The summed E-state index contributed by atoms with van der Waals surface area (Å²) in [5.41, 5.74) is -1.04. The van der Waals surface area contributed by atoms with Crippen molar-refractivity contribution in [3.8, 4) is 28.7 Å². The van der Waals surface area contributed by atoms with E-state index in [-0.39, 0.29) is 93.9 Å². The van der Waals surface area contributed by atoms with Crippen LogP contribution in [-0.2, 0) is 78.6 Å². The number of esters is 6. The number of rotatable bonds is 20. The molecule has 5 aromatic carbocycles. The number of aryl methyl sites for hydroxylation is 2. The van der Waals surface area contributed by atoms with Gasteiger partial charge in [0, 0.05) is 6.42 Å². The highest BCUT2D eigenvalue weighted by atomic mass is 32.3. The van der Waals surface area contributed by atoms with Crippen molar-refractivity contribution in [1.82, 2.24) is 0 Å². The molecule has 18 rings (SSSR count). The number of hydrogen-bond acceptors (Lipinski definition) is 19. The number of carbonyl (C=O) groups excluding carboxylic acids is 6. The Labute approximate surface area is 759 Å². The van der Waals surface area contributed by atoms with E-state index < -0.39 is 74.9 Å². The van der Waals surface area contributed by atoms with Gasteiger partial charge in [0.1, 0.15) is 52.1 Å². The molecule has 10 bridgehead atoms. The SMILES string of the molecule is C1CC2CC1C1C3CCC(C3)C21.CCC(C)(C)C(=O)OC12CC3CC(C1)CC(C(=O)OC(CF)C(F)(F)F)(C3)C2.CCC(C)(C)C(=O)OC1C2CC3C(=O)OC1C3O2.CCC(C)(C)C(=O)Oc1cc(C)c(O)c(C)c1.CCC(C)c1ccc(OC2(C)CCCCC2)cc1.CCOC(=O)C(C)(C)CC.O=S(=O)([O-])F.c1ccc([S+]2c3ccccc3Oc3ccccc32)cc1. The quantitative estimate of drug-likeness (QED) is 0.0109. The first-order valence-electron chi connectivity index (χ1n) is 46.5. The van der Waals surface area contributed by atoms with Crippen molar-refractivity contribution in [2.24, 2.45) is 80.3 Å². The van der Waals surface area contributed by atoms with Crippen LogP contribution in [0.3, 0.4) is 0 Å². The second-order valence-corrected chi connectivity index (χ2v) is 43.2. The molecule has 5 aromatic rings. The number of aromatic hydroxyl groups is 1. The molecule has 13 atom stereocenters. The third kappa shape index (κ3) is 24.9. The average Bonchev–Trinajstić information content (AvgIpc) is 1.28. The fraction of sp³-hybridized carbons (Fsp3) is 0.647. The summed E-state index contributed by atoms with van der Waals surface area (Å²) in [5.74, 6) is 9.55. The Hall–Kier alpha value is -7.81. The summed E-state index contributed by atoms with van der Waals surface area (Å²) in [4.78, 5) is 75.9. The normalized spacial score (nSPS) is 27.5. The third-order valence-corrected chi connectivity index (χ3v) is 31.8. The second kappa shape index (κ2) is 42.4. The van der Waals surface area contributed by atoms with Crippen molar-refractivity contribution in [1.29, 1.82) is 0 Å². The smallest absolute Gasteiger partial charge is 0.428 e. The molecule has 26 heteroatoms. The van der Waals surface area contributed by atoms with Crippen LogP contribution in [0.4, 0.5) is 21.4 Å². The van der Waals surface area contributed by atoms with E-state index >= 15 is 0 Å². The van der Waals surface area contributed by atoms with E-state index in [0.717, 1.165) is 36.5 Å². The van der Waals surface area contributed by atoms with Gasteiger partial charge in [-0.3, -0.25) is 28.8 Å². The Morgan fingerprint density at radius 1 is 0.617 bits per heavy atom. The van der Waals surface area contributed by atoms with Crippen molar-refractivity contribution < 1.29 is 111 Å². The molecule has 4 aliphatic heterocycles. The molecule has 13 aliphatic rings. The van der Waals surface area contributed by atoms with Crippen molar-refractivity contribution in [2.75, 3.05) is 13.3 Å². The Kier molecular flexibility index (Phi) is 33.9. The van der Waals surface area contributed by atoms with Gasteiger partial charge in [0.05, 0.1) is 45.7 Å². The Morgan fingerprint density at radius 2 is 1.09 bits per heavy atom. The molecule has 12 fully saturated rings. The second-order valence-electron chi connectivity index (χ2n) is 40.4. The number of phenolic OH excluding ortho intramolecular Hbond substituents is 1. The van der Waals surface area contributed by atoms with Gasteiger partial charge in [0.2, 0.25) is 15.9 Å². The molecule has 13 unspecified atom stereocenters. The molecule has 1 N–H and O–H groups in total. The first-order chi connectivity index (χ1) is 60.1. The molecule has 128 heavy (non-hydrogen) atoms. The van der Waals surface area contributed by atoms with E-state index in [4.69, 9.17) is 50.9 Å². The number of ether oxygens (including phenoxy) is 9. The van der Waals surface area contributed by atoms with Gasteiger partial charge in [0.15, 0.2) is 28.6 Å². The lowest BCUT2D eigenvalue weighted by molar-refractivity contribution is -0.244. The molecule has 9 saturated carbocycles. The summed E-state index contributed by atoms with van der Waals surface area (Å²) in [6, 6.07) is 39.4. The van der Waals surface area contributed by atoms with Crippen molar-refractivity contribution in [3.05, 3.63) is 132 Å². The van der Waals surface area contributed by atoms with E-state index in [1.807, 2.05) is 100 Å². The van der Waals surface area contributed by atoms with Crippen LogP contribution in [0.25, 0.3) is 0 Å². The van der Waals surface area contributed by atoms with Crippen LogP contribution in [0.2, 0.25) is 0 Å². The first-order valence-corrected chi connectivity index (χ1v) is 49.1. The standard InChI is InChI=1S/C20H28F4O4.C18H13OS.C17H26O.C14H20O3.C13H18O5.C12H18.C8H16O2.FHO3S/c1-4-17(2,3)15(25)28-19-8-12-5-13(9-19)7-18(6-12,11-19)16(26)27-14(10-21)20(22,23)24;1-2-8-14(9-3-1)20-17-12-6-4-10-15(17)19-16-11-5-7-13-18(16)20;1-4-14(2)15-8-10-16(11-9-15)18-17(3)12-6-5-7-13-17;1-6-14(4,5)13(16)17-11-7-9(2)12(15)10(3)8-11;1-4-13(2,3)12(15)18-9-7-5-6-8(16-7)10(9)17-11(6)14;1-2-8-5-7(1)11-9-3-4-10(6-9)12(8)11;1-5-8(3,4)7(9)10-6-2;1-5(2,3)4/h12-14H,4-11H2,1-3H3;1-13H;8-11,14H,4-7,12-13H2,1-3H3;7-8,15H,6H2,1-5H3;6-10H,4-5H2,1-3H3;7-12H,1-6H2;5-6H2,1-4H3;(H,2,3,4)/q;+1;;;;;;/p-1. The monoisotopic (exact) mass is 1830 g/mol. The number of alkyl halides is 4. The summed E-state index contributed by atoms with van der Waals surface area (Å²) in [6.07, 6.45) is 15.0. The van der Waals surface area contributed by atoms with Crippen molar-refractivity contribution in [3.63, 3.8) is 0 Å². The summed E-state index contributed by atoms with van der Waals surface area (Å²) < 4.78 is 136. The van der Waals surface area contributed by atoms with Gasteiger partial charge in [-0.25, -0.2) is 12.8 Å². The zero-order valence-electron chi connectivity index (χ0n) is 78.3. The number of fused-ring (bicyclic) bond motifs is 12. The zero-order chi connectivity index (χ0) is 94.0. The molecule has 0 radical (unpaired) electrons. The minimum atomic E-state index is -5.42. The number of halogens is 5. The highest BCUT2D eigenvalue weighted by molar-refractivity contribution is 7.97. The largest absolute Gasteiger partial charge is 0.722 e. The van der Waals surface area contributed by atoms with Gasteiger partial charge >= 0.3 is 42.0 Å². The van der Waals surface area contributed by atoms with E-state index in [9.17, 15) is 55.3 Å². The maximum atomic E-state index is 12.9. The molecule has 9 aliphatic carbocycles. The zero-order valence-corrected chi connectivity index (χ0v) is 79.9. The number of hydrogen-bond donors (Lipinski definition) is 1. The Balaban J connectivity index is 0.000000157. The van der Waals surface area contributed by atoms with E-state index in [0.29, 0.717) is 74.3 Å². The van der Waals surface area contributed by atoms with Crippen LogP contribution in [0.15, 0.2) is 130 Å². The van der Waals surface area contributed by atoms with Gasteiger partial charge in [-0.05, 0) is 349 Å². The molecule has 3 saturated heterocycles. The number of carbonyl (C=O) groups is 6.